The van der Waals surface area contributed by atoms with Crippen LogP contribution < -0.4 is 0 Å². The second-order valence-electron chi connectivity index (χ2n) is 11.3. The van der Waals surface area contributed by atoms with Crippen LogP contribution >= 0.6 is 0 Å². The number of pyridine rings is 1. The van der Waals surface area contributed by atoms with E-state index in [1.54, 1.807) is 0 Å². The predicted octanol–water partition coefficient (Wildman–Crippen LogP) is 10.1. The molecule has 0 spiro atoms. The van der Waals surface area contributed by atoms with Crippen molar-refractivity contribution >= 4 is 55.2 Å². The third-order valence-electron chi connectivity index (χ3n) is 9.07. The number of fused-ring (bicyclic) bond motifs is 8. The molecule has 0 fully saturated rings. The lowest BCUT2D eigenvalue weighted by molar-refractivity contribution is 1.09. The molecule has 9 rings (SSSR count). The zero-order valence-corrected chi connectivity index (χ0v) is 24.3. The maximum absolute atomic E-state index is 4.84. The van der Waals surface area contributed by atoms with Crippen molar-refractivity contribution in [1.29, 1.82) is 0 Å². The van der Waals surface area contributed by atoms with Crippen LogP contribution in [0.15, 0.2) is 140 Å². The largest absolute Gasteiger partial charge is 0.309 e. The standard InChI is InChI=1S/C40H28N4/c1-3-34-38(30-19-11-13-21-36(30)43(34)27-14-6-4-7-15-27)39-26(2)31-24-32-29-18-10-12-20-35(29)42-23-22-41-40(42)33(32)25-37(31)44(39)28-16-8-5-9-17-28/h3-25H,1H2,2H3. The fraction of sp³-hybridized carbons (Fsp3) is 0.0250. The first kappa shape index (κ1) is 24.7. The predicted molar refractivity (Wildman–Crippen MR) is 184 cm³/mol. The summed E-state index contributed by atoms with van der Waals surface area (Å²) in [5.41, 5.74) is 11.3. The van der Waals surface area contributed by atoms with Crippen LogP contribution in [0.4, 0.5) is 0 Å². The minimum atomic E-state index is 0.966. The van der Waals surface area contributed by atoms with Crippen molar-refractivity contribution in [3.8, 4) is 22.6 Å². The molecule has 0 aliphatic heterocycles. The number of hydrogen-bond donors (Lipinski definition) is 0. The highest BCUT2D eigenvalue weighted by atomic mass is 15.0. The van der Waals surface area contributed by atoms with Crippen LogP contribution in [0.3, 0.4) is 0 Å². The van der Waals surface area contributed by atoms with Crippen LogP contribution in [-0.4, -0.2) is 18.5 Å². The Morgan fingerprint density at radius 1 is 0.591 bits per heavy atom. The molecule has 9 aromatic rings. The van der Waals surface area contributed by atoms with Gasteiger partial charge in [-0.3, -0.25) is 4.40 Å². The van der Waals surface area contributed by atoms with E-state index in [0.717, 1.165) is 44.7 Å². The second-order valence-corrected chi connectivity index (χ2v) is 11.3. The molecule has 4 aromatic heterocycles. The Balaban J connectivity index is 1.50. The smallest absolute Gasteiger partial charge is 0.145 e. The van der Waals surface area contributed by atoms with Crippen LogP contribution in [0.2, 0.25) is 0 Å². The van der Waals surface area contributed by atoms with E-state index in [0.29, 0.717) is 0 Å². The summed E-state index contributed by atoms with van der Waals surface area (Å²) in [6, 6.07) is 43.3. The van der Waals surface area contributed by atoms with Gasteiger partial charge in [-0.25, -0.2) is 4.98 Å². The van der Waals surface area contributed by atoms with Gasteiger partial charge in [0.05, 0.1) is 27.9 Å². The molecule has 0 saturated heterocycles. The zero-order valence-electron chi connectivity index (χ0n) is 24.3. The monoisotopic (exact) mass is 564 g/mol. The van der Waals surface area contributed by atoms with Gasteiger partial charge in [0.2, 0.25) is 0 Å². The highest BCUT2D eigenvalue weighted by Crippen LogP contribution is 2.45. The summed E-state index contributed by atoms with van der Waals surface area (Å²) in [6.07, 6.45) is 5.96. The lowest BCUT2D eigenvalue weighted by atomic mass is 10.00. The van der Waals surface area contributed by atoms with Crippen molar-refractivity contribution in [3.05, 3.63) is 152 Å². The Morgan fingerprint density at radius 2 is 1.23 bits per heavy atom. The van der Waals surface area contributed by atoms with Crippen molar-refractivity contribution in [3.63, 3.8) is 0 Å². The highest BCUT2D eigenvalue weighted by molar-refractivity contribution is 6.17. The Labute approximate surface area is 254 Å². The van der Waals surface area contributed by atoms with Gasteiger partial charge in [-0.2, -0.15) is 0 Å². The molecular formula is C40H28N4. The molecule has 0 bridgehead atoms. The van der Waals surface area contributed by atoms with E-state index >= 15 is 0 Å². The third-order valence-corrected chi connectivity index (χ3v) is 9.07. The number of nitrogens with zero attached hydrogens (tertiary/aromatic N) is 4. The molecule has 44 heavy (non-hydrogen) atoms. The normalized spacial score (nSPS) is 11.8. The van der Waals surface area contributed by atoms with Crippen molar-refractivity contribution in [2.24, 2.45) is 0 Å². The summed E-state index contributed by atoms with van der Waals surface area (Å²) in [4.78, 5) is 4.84. The molecule has 0 saturated carbocycles. The van der Waals surface area contributed by atoms with Crippen LogP contribution in [0.1, 0.15) is 11.3 Å². The van der Waals surface area contributed by atoms with Gasteiger partial charge < -0.3 is 9.13 Å². The van der Waals surface area contributed by atoms with Gasteiger partial charge in [-0.1, -0.05) is 79.4 Å². The van der Waals surface area contributed by atoms with Gasteiger partial charge in [0, 0.05) is 50.9 Å². The van der Waals surface area contributed by atoms with E-state index in [4.69, 9.17) is 4.98 Å². The van der Waals surface area contributed by atoms with E-state index < -0.39 is 0 Å². The maximum atomic E-state index is 4.84. The Morgan fingerprint density at radius 3 is 1.95 bits per heavy atom. The molecule has 0 N–H and O–H groups in total. The minimum Gasteiger partial charge on any atom is -0.309 e. The fourth-order valence-corrected chi connectivity index (χ4v) is 7.21. The average Bonchev–Trinajstić information content (AvgIpc) is 3.78. The SMILES string of the molecule is C=Cc1c(-c2c(C)c3cc4c5ccccc5n5ccnc5c4cc3n2-c2ccccc2)c2ccccc2n1-c1ccccc1. The van der Waals surface area contributed by atoms with E-state index in [2.05, 4.69) is 155 Å². The van der Waals surface area contributed by atoms with Gasteiger partial charge in [0.25, 0.3) is 0 Å². The van der Waals surface area contributed by atoms with Crippen molar-refractivity contribution < 1.29 is 0 Å². The molecule has 4 heterocycles. The van der Waals surface area contributed by atoms with Crippen molar-refractivity contribution in [2.45, 2.75) is 6.92 Å². The number of aryl methyl sites for hydroxylation is 1. The molecule has 0 unspecified atom stereocenters. The average molecular weight is 565 g/mol. The minimum absolute atomic E-state index is 0.966. The molecular weight excluding hydrogens is 536 g/mol. The highest BCUT2D eigenvalue weighted by Gasteiger charge is 2.26. The zero-order chi connectivity index (χ0) is 29.4. The molecule has 208 valence electrons. The Kier molecular flexibility index (Phi) is 5.23. The van der Waals surface area contributed by atoms with Crippen molar-refractivity contribution in [1.82, 2.24) is 18.5 Å². The summed E-state index contributed by atoms with van der Waals surface area (Å²) in [5, 5.41) is 5.99. The molecule has 4 nitrogen and oxygen atoms in total. The van der Waals surface area contributed by atoms with Crippen LogP contribution in [-0.2, 0) is 0 Å². The Hall–Kier alpha value is -5.87. The molecule has 0 atom stereocenters. The summed E-state index contributed by atoms with van der Waals surface area (Å²) < 4.78 is 6.97. The Bertz CT molecular complexity index is 2560. The number of imidazole rings is 1. The van der Waals surface area contributed by atoms with E-state index in [-0.39, 0.29) is 0 Å². The number of rotatable bonds is 4. The quantitative estimate of drug-likeness (QED) is 0.195. The molecule has 0 radical (unpaired) electrons. The van der Waals surface area contributed by atoms with Gasteiger partial charge in [0.1, 0.15) is 5.65 Å². The number of aromatic nitrogens is 4. The van der Waals surface area contributed by atoms with Gasteiger partial charge in [-0.15, -0.1) is 0 Å². The van der Waals surface area contributed by atoms with Crippen LogP contribution in [0.5, 0.6) is 0 Å². The first-order valence-electron chi connectivity index (χ1n) is 14.9. The second kappa shape index (κ2) is 9.32. The molecule has 5 aromatic carbocycles. The molecule has 0 aliphatic carbocycles. The van der Waals surface area contributed by atoms with Gasteiger partial charge >= 0.3 is 0 Å². The lowest BCUT2D eigenvalue weighted by Crippen LogP contribution is -2.00. The summed E-state index contributed by atoms with van der Waals surface area (Å²) in [6.45, 7) is 6.62. The van der Waals surface area contributed by atoms with E-state index in [1.807, 2.05) is 12.3 Å². The molecule has 0 amide bonds. The maximum Gasteiger partial charge on any atom is 0.145 e. The summed E-state index contributed by atoms with van der Waals surface area (Å²) >= 11 is 0. The molecule has 0 aliphatic rings. The van der Waals surface area contributed by atoms with Gasteiger partial charge in [-0.05, 0) is 72.5 Å². The summed E-state index contributed by atoms with van der Waals surface area (Å²) in [7, 11) is 0. The van der Waals surface area contributed by atoms with E-state index in [1.165, 1.54) is 38.4 Å². The lowest BCUT2D eigenvalue weighted by Gasteiger charge is -2.14. The third kappa shape index (κ3) is 3.31. The van der Waals surface area contributed by atoms with E-state index in [9.17, 15) is 0 Å². The van der Waals surface area contributed by atoms with Crippen LogP contribution in [0.25, 0.3) is 77.8 Å². The number of hydrogen-bond acceptors (Lipinski definition) is 1. The summed E-state index contributed by atoms with van der Waals surface area (Å²) in [5.74, 6) is 0. The fourth-order valence-electron chi connectivity index (χ4n) is 7.21. The first-order valence-corrected chi connectivity index (χ1v) is 14.9. The number of para-hydroxylation sites is 4. The van der Waals surface area contributed by atoms with Crippen LogP contribution in [0, 0.1) is 6.92 Å². The number of benzene rings is 5. The van der Waals surface area contributed by atoms with Gasteiger partial charge in [0.15, 0.2) is 0 Å². The topological polar surface area (TPSA) is 27.2 Å². The first-order chi connectivity index (χ1) is 21.7. The molecule has 4 heteroatoms. The van der Waals surface area contributed by atoms with Crippen molar-refractivity contribution in [2.75, 3.05) is 0 Å².